The molecule has 2 heterocycles. The number of benzene rings is 2. The van der Waals surface area contributed by atoms with Crippen LogP contribution in [0.25, 0.3) is 11.4 Å². The number of nitrogens with zero attached hydrogens (tertiary/aromatic N) is 3. The van der Waals surface area contributed by atoms with Gasteiger partial charge in [-0.25, -0.2) is 9.97 Å². The van der Waals surface area contributed by atoms with Gasteiger partial charge in [0.15, 0.2) is 5.82 Å². The zero-order valence-corrected chi connectivity index (χ0v) is 17.3. The first-order valence-electron chi connectivity index (χ1n) is 10.8. The normalized spacial score (nSPS) is 24.2. The zero-order valence-electron chi connectivity index (χ0n) is 17.3. The van der Waals surface area contributed by atoms with Crippen molar-refractivity contribution < 1.29 is 9.63 Å². The van der Waals surface area contributed by atoms with Gasteiger partial charge in [0.05, 0.1) is 17.5 Å². The summed E-state index contributed by atoms with van der Waals surface area (Å²) in [5.74, 6) is 2.35. The monoisotopic (exact) mass is 409 g/mol. The molecule has 0 fully saturated rings. The summed E-state index contributed by atoms with van der Waals surface area (Å²) in [6.45, 7) is 2.25. The van der Waals surface area contributed by atoms with Crippen molar-refractivity contribution in [1.82, 2.24) is 15.1 Å². The van der Waals surface area contributed by atoms with Crippen molar-refractivity contribution >= 4 is 0 Å². The molecule has 0 spiro atoms. The van der Waals surface area contributed by atoms with Crippen LogP contribution in [-0.4, -0.2) is 20.2 Å². The summed E-state index contributed by atoms with van der Waals surface area (Å²) in [6, 6.07) is 18.0. The molecule has 0 radical (unpaired) electrons. The fraction of sp³-hybridized carbons (Fsp3) is 0.269. The molecule has 0 saturated heterocycles. The third kappa shape index (κ3) is 2.59. The third-order valence-electron chi connectivity index (χ3n) is 7.24. The van der Waals surface area contributed by atoms with Gasteiger partial charge < -0.3 is 9.63 Å². The maximum atomic E-state index is 10.4. The van der Waals surface area contributed by atoms with Gasteiger partial charge in [-0.2, -0.15) is 0 Å². The molecule has 0 amide bonds. The molecule has 1 N–H and O–H groups in total. The van der Waals surface area contributed by atoms with E-state index in [1.165, 1.54) is 11.1 Å². The van der Waals surface area contributed by atoms with E-state index < -0.39 is 0 Å². The Morgan fingerprint density at radius 2 is 1.81 bits per heavy atom. The lowest BCUT2D eigenvalue weighted by molar-refractivity contribution is 0.189. The van der Waals surface area contributed by atoms with Crippen molar-refractivity contribution in [1.29, 1.82) is 0 Å². The van der Waals surface area contributed by atoms with Gasteiger partial charge in [-0.05, 0) is 48.4 Å². The molecule has 2 aliphatic rings. The van der Waals surface area contributed by atoms with Crippen LogP contribution in [0.15, 0.2) is 71.5 Å². The van der Waals surface area contributed by atoms with E-state index in [2.05, 4.69) is 47.4 Å². The molecular weight excluding hydrogens is 386 g/mol. The molecule has 5 heteroatoms. The molecule has 2 aliphatic carbocycles. The number of aryl methyl sites for hydroxylation is 1. The first-order chi connectivity index (χ1) is 15.2. The standard InChI is InChI=1S/C26H23N3O2/c1-16-21-12-11-17-14-27-25(20-9-5-6-10-22(20)30)29-24(17)26(21,19-7-3-2-4-8-19)13-18-15-28-31-23(16)18/h2-10,14-16,21,30H,11-13H2,1H3/t16-,21-,26+/m0/s1. The van der Waals surface area contributed by atoms with Crippen molar-refractivity contribution in [3.8, 4) is 17.1 Å². The van der Waals surface area contributed by atoms with Crippen LogP contribution in [0.2, 0.25) is 0 Å². The van der Waals surface area contributed by atoms with Crippen molar-refractivity contribution in [2.75, 3.05) is 0 Å². The topological polar surface area (TPSA) is 72.0 Å². The molecule has 0 bridgehead atoms. The summed E-state index contributed by atoms with van der Waals surface area (Å²) < 4.78 is 5.68. The quantitative estimate of drug-likeness (QED) is 0.502. The molecule has 6 rings (SSSR count). The van der Waals surface area contributed by atoms with Crippen molar-refractivity contribution in [3.63, 3.8) is 0 Å². The van der Waals surface area contributed by atoms with E-state index >= 15 is 0 Å². The summed E-state index contributed by atoms with van der Waals surface area (Å²) >= 11 is 0. The van der Waals surface area contributed by atoms with Gasteiger partial charge in [-0.15, -0.1) is 0 Å². The fourth-order valence-corrected chi connectivity index (χ4v) is 5.84. The Hall–Kier alpha value is -3.47. The SMILES string of the molecule is C[C@@H]1c2oncc2C[C@]2(c3ccccc3)c3nc(-c4ccccc4O)ncc3CC[C@@H]12. The lowest BCUT2D eigenvalue weighted by Crippen LogP contribution is -2.48. The molecule has 0 aliphatic heterocycles. The average Bonchev–Trinajstić information content (AvgIpc) is 3.28. The minimum Gasteiger partial charge on any atom is -0.507 e. The van der Waals surface area contributed by atoms with E-state index in [1.807, 2.05) is 30.6 Å². The number of fused-ring (bicyclic) bond motifs is 4. The van der Waals surface area contributed by atoms with Gasteiger partial charge in [0.25, 0.3) is 0 Å². The second-order valence-corrected chi connectivity index (χ2v) is 8.75. The number of rotatable bonds is 2. The smallest absolute Gasteiger partial charge is 0.163 e. The number of aromatic nitrogens is 3. The molecular formula is C26H23N3O2. The van der Waals surface area contributed by atoms with E-state index in [-0.39, 0.29) is 17.1 Å². The van der Waals surface area contributed by atoms with Gasteiger partial charge >= 0.3 is 0 Å². The Kier molecular flexibility index (Phi) is 4.00. The van der Waals surface area contributed by atoms with Gasteiger partial charge in [0.1, 0.15) is 11.5 Å². The highest BCUT2D eigenvalue weighted by molar-refractivity contribution is 5.64. The van der Waals surface area contributed by atoms with Crippen LogP contribution in [0.1, 0.15) is 47.4 Å². The first kappa shape index (κ1) is 18.3. The lowest BCUT2D eigenvalue weighted by Gasteiger charge is -2.49. The van der Waals surface area contributed by atoms with Gasteiger partial charge in [0, 0.05) is 23.1 Å². The summed E-state index contributed by atoms with van der Waals surface area (Å²) in [5.41, 5.74) is 5.05. The first-order valence-corrected chi connectivity index (χ1v) is 10.8. The zero-order chi connectivity index (χ0) is 21.0. The second-order valence-electron chi connectivity index (χ2n) is 8.75. The molecule has 4 aromatic rings. The Morgan fingerprint density at radius 3 is 2.65 bits per heavy atom. The van der Waals surface area contributed by atoms with E-state index in [1.54, 1.807) is 6.07 Å². The Morgan fingerprint density at radius 1 is 1.00 bits per heavy atom. The maximum absolute atomic E-state index is 10.4. The number of hydrogen-bond donors (Lipinski definition) is 1. The fourth-order valence-electron chi connectivity index (χ4n) is 5.84. The number of para-hydroxylation sites is 1. The van der Waals surface area contributed by atoms with Crippen molar-refractivity contribution in [3.05, 3.63) is 95.1 Å². The maximum Gasteiger partial charge on any atom is 0.163 e. The third-order valence-corrected chi connectivity index (χ3v) is 7.24. The Bertz CT molecular complexity index is 1270. The highest BCUT2D eigenvalue weighted by atomic mass is 16.5. The number of phenols is 1. The molecule has 0 unspecified atom stereocenters. The highest BCUT2D eigenvalue weighted by Gasteiger charge is 2.53. The number of aromatic hydroxyl groups is 1. The Balaban J connectivity index is 1.63. The molecule has 0 saturated carbocycles. The molecule has 5 nitrogen and oxygen atoms in total. The minimum absolute atomic E-state index is 0.196. The average molecular weight is 409 g/mol. The van der Waals surface area contributed by atoms with Crippen LogP contribution in [0.5, 0.6) is 5.75 Å². The van der Waals surface area contributed by atoms with Crippen LogP contribution < -0.4 is 0 Å². The summed E-state index contributed by atoms with van der Waals surface area (Å²) in [5, 5.41) is 14.6. The summed E-state index contributed by atoms with van der Waals surface area (Å²) in [6.07, 6.45) is 6.60. The number of phenolic OH excluding ortho intramolecular Hbond substituents is 1. The minimum atomic E-state index is -0.283. The lowest BCUT2D eigenvalue weighted by atomic mass is 9.53. The van der Waals surface area contributed by atoms with Crippen LogP contribution in [0.3, 0.4) is 0 Å². The predicted molar refractivity (Wildman–Crippen MR) is 117 cm³/mol. The predicted octanol–water partition coefficient (Wildman–Crippen LogP) is 5.05. The van der Waals surface area contributed by atoms with Gasteiger partial charge in [-0.1, -0.05) is 54.5 Å². The van der Waals surface area contributed by atoms with E-state index in [4.69, 9.17) is 9.51 Å². The van der Waals surface area contributed by atoms with Crippen molar-refractivity contribution in [2.45, 2.75) is 37.5 Å². The van der Waals surface area contributed by atoms with Crippen LogP contribution in [0, 0.1) is 5.92 Å². The molecule has 2 aromatic carbocycles. The number of hydrogen-bond acceptors (Lipinski definition) is 5. The van der Waals surface area contributed by atoms with Crippen LogP contribution in [-0.2, 0) is 18.3 Å². The van der Waals surface area contributed by atoms with Crippen LogP contribution in [0.4, 0.5) is 0 Å². The van der Waals surface area contributed by atoms with Gasteiger partial charge in [0.2, 0.25) is 0 Å². The van der Waals surface area contributed by atoms with Crippen LogP contribution >= 0.6 is 0 Å². The Labute approximate surface area is 180 Å². The molecule has 2 aromatic heterocycles. The molecule has 31 heavy (non-hydrogen) atoms. The highest BCUT2D eigenvalue weighted by Crippen LogP contribution is 2.56. The molecule has 154 valence electrons. The largest absolute Gasteiger partial charge is 0.507 e. The summed E-state index contributed by atoms with van der Waals surface area (Å²) in [4.78, 5) is 9.78. The molecule has 3 atom stereocenters. The van der Waals surface area contributed by atoms with E-state index in [9.17, 15) is 5.11 Å². The van der Waals surface area contributed by atoms with Crippen molar-refractivity contribution in [2.24, 2.45) is 5.92 Å². The summed E-state index contributed by atoms with van der Waals surface area (Å²) in [7, 11) is 0. The van der Waals surface area contributed by atoms with Gasteiger partial charge in [-0.3, -0.25) is 0 Å². The van der Waals surface area contributed by atoms with E-state index in [0.717, 1.165) is 36.3 Å². The second kappa shape index (κ2) is 6.77. The van der Waals surface area contributed by atoms with E-state index in [0.29, 0.717) is 17.3 Å².